The van der Waals surface area contributed by atoms with E-state index in [1.54, 1.807) is 19.1 Å². The van der Waals surface area contributed by atoms with Gasteiger partial charge in [-0.05, 0) is 12.1 Å². The Labute approximate surface area is 91.8 Å². The van der Waals surface area contributed by atoms with Crippen LogP contribution in [0.1, 0.15) is 23.0 Å². The zero-order valence-corrected chi connectivity index (χ0v) is 9.43. The van der Waals surface area contributed by atoms with Crippen molar-refractivity contribution >= 4 is 23.1 Å². The Morgan fingerprint density at radius 2 is 2.13 bits per heavy atom. The Morgan fingerprint density at radius 1 is 1.40 bits per heavy atom. The van der Waals surface area contributed by atoms with Gasteiger partial charge in [0.1, 0.15) is 0 Å². The highest BCUT2D eigenvalue weighted by Gasteiger charge is 2.09. The van der Waals surface area contributed by atoms with Gasteiger partial charge in [-0.15, -0.1) is 0 Å². The number of hydrogen-bond acceptors (Lipinski definition) is 5. The number of ether oxygens (including phenoxy) is 2. The van der Waals surface area contributed by atoms with Crippen molar-refractivity contribution < 1.29 is 19.1 Å². The molecule has 0 amide bonds. The molecule has 4 nitrogen and oxygen atoms in total. The topological polar surface area (TPSA) is 52.6 Å². The molecule has 0 radical (unpaired) electrons. The zero-order valence-electron chi connectivity index (χ0n) is 8.61. The second-order valence-corrected chi connectivity index (χ2v) is 3.81. The molecule has 0 saturated carbocycles. The van der Waals surface area contributed by atoms with E-state index in [0.29, 0.717) is 16.4 Å². The Morgan fingerprint density at radius 3 is 2.73 bits per heavy atom. The lowest BCUT2D eigenvalue weighted by Crippen LogP contribution is -2.11. The van der Waals surface area contributed by atoms with Gasteiger partial charge >= 0.3 is 5.97 Å². The number of Topliss-reactive ketones (excluding diaryl/α,β-unsaturated/α-hetero) is 1. The van der Waals surface area contributed by atoms with Crippen LogP contribution in [0.2, 0.25) is 0 Å². The van der Waals surface area contributed by atoms with Crippen LogP contribution in [-0.2, 0) is 9.53 Å². The van der Waals surface area contributed by atoms with E-state index in [0.717, 1.165) is 0 Å². The molecule has 5 heteroatoms. The quantitative estimate of drug-likeness (QED) is 0.570. The summed E-state index contributed by atoms with van der Waals surface area (Å²) in [6, 6.07) is 3.37. The highest BCUT2D eigenvalue weighted by molar-refractivity contribution is 7.15. The molecule has 1 aromatic rings. The van der Waals surface area contributed by atoms with Crippen molar-refractivity contribution in [3.63, 3.8) is 0 Å². The molecule has 0 N–H and O–H groups in total. The van der Waals surface area contributed by atoms with Gasteiger partial charge in [0.15, 0.2) is 17.5 Å². The SMILES string of the molecule is CCC(=O)c1ccc(OCC(=O)OC)s1. The molecule has 0 unspecified atom stereocenters. The first kappa shape index (κ1) is 11.7. The molecule has 82 valence electrons. The van der Waals surface area contributed by atoms with Crippen molar-refractivity contribution in [1.82, 2.24) is 0 Å². The van der Waals surface area contributed by atoms with Gasteiger partial charge < -0.3 is 9.47 Å². The number of hydrogen-bond donors (Lipinski definition) is 0. The van der Waals surface area contributed by atoms with Crippen molar-refractivity contribution in [2.45, 2.75) is 13.3 Å². The highest BCUT2D eigenvalue weighted by Crippen LogP contribution is 2.25. The van der Waals surface area contributed by atoms with Crippen LogP contribution in [0.3, 0.4) is 0 Å². The lowest BCUT2D eigenvalue weighted by Gasteiger charge is -2.00. The molecular formula is C10H12O4S. The molecule has 0 aliphatic carbocycles. The van der Waals surface area contributed by atoms with Gasteiger partial charge in [0, 0.05) is 6.42 Å². The average Bonchev–Trinajstić information content (AvgIpc) is 2.73. The van der Waals surface area contributed by atoms with Gasteiger partial charge in [-0.3, -0.25) is 4.79 Å². The molecule has 0 atom stereocenters. The van der Waals surface area contributed by atoms with E-state index < -0.39 is 5.97 Å². The van der Waals surface area contributed by atoms with Crippen LogP contribution in [0.5, 0.6) is 5.06 Å². The van der Waals surface area contributed by atoms with Crippen molar-refractivity contribution in [2.24, 2.45) is 0 Å². The maximum Gasteiger partial charge on any atom is 0.343 e. The van der Waals surface area contributed by atoms with E-state index in [1.165, 1.54) is 18.4 Å². The summed E-state index contributed by atoms with van der Waals surface area (Å²) < 4.78 is 9.55. The summed E-state index contributed by atoms with van der Waals surface area (Å²) in [5.74, 6) is -0.361. The third-order valence-electron chi connectivity index (χ3n) is 1.74. The summed E-state index contributed by atoms with van der Waals surface area (Å²) >= 11 is 1.24. The number of rotatable bonds is 5. The van der Waals surface area contributed by atoms with Crippen LogP contribution >= 0.6 is 11.3 Å². The van der Waals surface area contributed by atoms with Gasteiger partial charge in [-0.1, -0.05) is 18.3 Å². The lowest BCUT2D eigenvalue weighted by atomic mass is 10.3. The van der Waals surface area contributed by atoms with E-state index in [-0.39, 0.29) is 12.4 Å². The maximum atomic E-state index is 11.3. The molecule has 15 heavy (non-hydrogen) atoms. The fourth-order valence-corrected chi connectivity index (χ4v) is 1.78. The molecule has 1 rings (SSSR count). The van der Waals surface area contributed by atoms with Crippen LogP contribution in [0.25, 0.3) is 0 Å². The zero-order chi connectivity index (χ0) is 11.3. The third-order valence-corrected chi connectivity index (χ3v) is 2.78. The van der Waals surface area contributed by atoms with Crippen LogP contribution < -0.4 is 4.74 Å². The number of thiophene rings is 1. The molecule has 0 aliphatic rings. The Kier molecular flexibility index (Phi) is 4.30. The first-order valence-electron chi connectivity index (χ1n) is 4.50. The summed E-state index contributed by atoms with van der Waals surface area (Å²) in [6.07, 6.45) is 0.469. The number of esters is 1. The van der Waals surface area contributed by atoms with Crippen LogP contribution in [0, 0.1) is 0 Å². The standard InChI is InChI=1S/C10H12O4S/c1-3-7(11)8-4-5-10(15-8)14-6-9(12)13-2/h4-5H,3,6H2,1-2H3. The largest absolute Gasteiger partial charge is 0.472 e. The summed E-state index contributed by atoms with van der Waals surface area (Å²) in [7, 11) is 1.30. The molecule has 0 spiro atoms. The molecule has 0 fully saturated rings. The van der Waals surface area contributed by atoms with Crippen LogP contribution in [0.15, 0.2) is 12.1 Å². The predicted molar refractivity (Wildman–Crippen MR) is 56.5 cm³/mol. The number of ketones is 1. The average molecular weight is 228 g/mol. The number of carbonyl (C=O) groups excluding carboxylic acids is 2. The molecule has 1 heterocycles. The fraction of sp³-hybridized carbons (Fsp3) is 0.400. The third kappa shape index (κ3) is 3.36. The van der Waals surface area contributed by atoms with Gasteiger partial charge in [-0.25, -0.2) is 4.79 Å². The first-order chi connectivity index (χ1) is 7.17. The van der Waals surface area contributed by atoms with Crippen LogP contribution in [-0.4, -0.2) is 25.5 Å². The first-order valence-corrected chi connectivity index (χ1v) is 5.31. The van der Waals surface area contributed by atoms with Crippen molar-refractivity contribution in [3.05, 3.63) is 17.0 Å². The maximum absolute atomic E-state index is 11.3. The minimum Gasteiger partial charge on any atom is -0.472 e. The van der Waals surface area contributed by atoms with Crippen LogP contribution in [0.4, 0.5) is 0 Å². The second-order valence-electron chi connectivity index (χ2n) is 2.76. The normalized spacial score (nSPS) is 9.73. The summed E-state index contributed by atoms with van der Waals surface area (Å²) in [6.45, 7) is 1.67. The van der Waals surface area contributed by atoms with E-state index in [4.69, 9.17) is 4.74 Å². The molecule has 0 bridgehead atoms. The van der Waals surface area contributed by atoms with Crippen molar-refractivity contribution in [3.8, 4) is 5.06 Å². The second kappa shape index (κ2) is 5.50. The smallest absolute Gasteiger partial charge is 0.343 e. The molecule has 0 aliphatic heterocycles. The van der Waals surface area contributed by atoms with Gasteiger partial charge in [-0.2, -0.15) is 0 Å². The minimum atomic E-state index is -0.438. The van der Waals surface area contributed by atoms with E-state index in [9.17, 15) is 9.59 Å². The fourth-order valence-electron chi connectivity index (χ4n) is 0.911. The molecule has 1 aromatic heterocycles. The summed E-state index contributed by atoms with van der Waals surface area (Å²) in [5.41, 5.74) is 0. The summed E-state index contributed by atoms with van der Waals surface area (Å²) in [5, 5.41) is 0.553. The number of carbonyl (C=O) groups is 2. The molecule has 0 aromatic carbocycles. The van der Waals surface area contributed by atoms with Crippen molar-refractivity contribution in [1.29, 1.82) is 0 Å². The van der Waals surface area contributed by atoms with Gasteiger partial charge in [0.25, 0.3) is 0 Å². The van der Waals surface area contributed by atoms with Crippen molar-refractivity contribution in [2.75, 3.05) is 13.7 Å². The van der Waals surface area contributed by atoms with Gasteiger partial charge in [0.05, 0.1) is 12.0 Å². The number of methoxy groups -OCH3 is 1. The monoisotopic (exact) mass is 228 g/mol. The van der Waals surface area contributed by atoms with Gasteiger partial charge in [0.2, 0.25) is 0 Å². The molecular weight excluding hydrogens is 216 g/mol. The highest BCUT2D eigenvalue weighted by atomic mass is 32.1. The van der Waals surface area contributed by atoms with E-state index >= 15 is 0 Å². The minimum absolute atomic E-state index is 0.0768. The Balaban J connectivity index is 2.53. The van der Waals surface area contributed by atoms with E-state index in [1.807, 2.05) is 0 Å². The Bertz CT molecular complexity index is 356. The Hall–Kier alpha value is -1.36. The predicted octanol–water partition coefficient (Wildman–Crippen LogP) is 1.89. The summed E-state index contributed by atoms with van der Waals surface area (Å²) in [4.78, 5) is 22.7. The molecule has 0 saturated heterocycles. The lowest BCUT2D eigenvalue weighted by molar-refractivity contribution is -0.142. The van der Waals surface area contributed by atoms with E-state index in [2.05, 4.69) is 4.74 Å².